The van der Waals surface area contributed by atoms with Gasteiger partial charge < -0.3 is 10.2 Å². The third-order valence-electron chi connectivity index (χ3n) is 5.65. The molecule has 1 aliphatic heterocycles. The number of hydrogen-bond donors (Lipinski definition) is 3. The fraction of sp³-hybridized carbons (Fsp3) is 0.391. The molecule has 0 aliphatic carbocycles. The van der Waals surface area contributed by atoms with Crippen molar-refractivity contribution in [1.82, 2.24) is 4.90 Å². The van der Waals surface area contributed by atoms with E-state index >= 15 is 0 Å². The van der Waals surface area contributed by atoms with E-state index in [-0.39, 0.29) is 25.0 Å². The summed E-state index contributed by atoms with van der Waals surface area (Å²) in [5.41, 5.74) is 3.67. The molecule has 1 heterocycles. The fourth-order valence-electron chi connectivity index (χ4n) is 3.54. The van der Waals surface area contributed by atoms with Gasteiger partial charge in [-0.05, 0) is 31.0 Å². The van der Waals surface area contributed by atoms with E-state index in [2.05, 4.69) is 15.5 Å². The second-order valence-electron chi connectivity index (χ2n) is 7.57. The number of carbonyl (C=O) groups is 2. The minimum atomic E-state index is -0.920. The zero-order chi connectivity index (χ0) is 22.4. The molecule has 3 rings (SSSR count). The van der Waals surface area contributed by atoms with Gasteiger partial charge in [0.2, 0.25) is 0 Å². The van der Waals surface area contributed by atoms with Crippen LogP contribution in [0.15, 0.2) is 40.4 Å². The molecule has 0 saturated heterocycles. The molecular formula is C23H28N4O4. The van der Waals surface area contributed by atoms with Gasteiger partial charge in [-0.1, -0.05) is 32.4 Å². The van der Waals surface area contributed by atoms with Gasteiger partial charge in [0, 0.05) is 34.7 Å². The number of amides is 2. The number of hydrazone groups is 1. The zero-order valence-corrected chi connectivity index (χ0v) is 17.8. The third-order valence-corrected chi connectivity index (χ3v) is 5.65. The molecule has 0 aromatic heterocycles. The maximum Gasteiger partial charge on any atom is 0.261 e. The number of nitrogens with zero attached hydrogens (tertiary/aromatic N) is 3. The summed E-state index contributed by atoms with van der Waals surface area (Å²) in [6, 6.07) is 8.86. The van der Waals surface area contributed by atoms with Gasteiger partial charge in [0.25, 0.3) is 11.8 Å². The smallest absolute Gasteiger partial charge is 0.261 e. The van der Waals surface area contributed by atoms with Crippen molar-refractivity contribution in [3.8, 4) is 0 Å². The Bertz CT molecular complexity index is 997. The lowest BCUT2D eigenvalue weighted by molar-refractivity contribution is 0.0608. The van der Waals surface area contributed by atoms with Crippen molar-refractivity contribution in [1.29, 1.82) is 0 Å². The van der Waals surface area contributed by atoms with Crippen molar-refractivity contribution >= 4 is 40.7 Å². The number of nitrogens with one attached hydrogen (secondary N) is 1. The highest BCUT2D eigenvalue weighted by Gasteiger charge is 2.32. The van der Waals surface area contributed by atoms with Crippen molar-refractivity contribution in [2.24, 2.45) is 10.1 Å². The Morgan fingerprint density at radius 1 is 1.03 bits per heavy atom. The molecule has 0 unspecified atom stereocenters. The molecule has 8 nitrogen and oxygen atoms in total. The van der Waals surface area contributed by atoms with E-state index in [4.69, 9.17) is 0 Å². The van der Waals surface area contributed by atoms with Gasteiger partial charge in [-0.3, -0.25) is 24.9 Å². The molecule has 3 N–H and O–H groups in total. The Morgan fingerprint density at radius 2 is 1.74 bits per heavy atom. The third kappa shape index (κ3) is 4.35. The summed E-state index contributed by atoms with van der Waals surface area (Å²) < 4.78 is 0. The molecule has 0 spiro atoms. The van der Waals surface area contributed by atoms with Crippen LogP contribution in [-0.4, -0.2) is 64.7 Å². The first kappa shape index (κ1) is 22.6. The van der Waals surface area contributed by atoms with E-state index in [9.17, 15) is 19.8 Å². The van der Waals surface area contributed by atoms with Crippen molar-refractivity contribution in [2.45, 2.75) is 38.6 Å². The van der Waals surface area contributed by atoms with Crippen LogP contribution in [0.5, 0.6) is 0 Å². The number of aliphatic hydroxyl groups is 2. The number of unbranched alkanes of at least 4 members (excludes halogenated alkanes) is 1. The quantitative estimate of drug-likeness (QED) is 0.308. The van der Waals surface area contributed by atoms with Crippen LogP contribution in [0.1, 0.15) is 53.8 Å². The van der Waals surface area contributed by atoms with Crippen LogP contribution in [0.3, 0.4) is 0 Å². The maximum atomic E-state index is 12.9. The molecule has 31 heavy (non-hydrogen) atoms. The first-order valence-electron chi connectivity index (χ1n) is 10.5. The summed E-state index contributed by atoms with van der Waals surface area (Å²) in [4.78, 5) is 31.3. The standard InChI is InChI=1S/C23H28N4O4/c1-3-5-13-27-21(30)17-8-6-7-16-19(10-9-18(20(16)17)22(27)31)26-25-12-11-24-23(4-2,14-28)15-29/h6-12,26,28-29H,3-5,13-15H2,1-2H3. The van der Waals surface area contributed by atoms with Crippen LogP contribution in [0.4, 0.5) is 5.69 Å². The lowest BCUT2D eigenvalue weighted by Gasteiger charge is -2.27. The van der Waals surface area contributed by atoms with Crippen LogP contribution in [0.2, 0.25) is 0 Å². The first-order chi connectivity index (χ1) is 15.0. The summed E-state index contributed by atoms with van der Waals surface area (Å²) in [6.07, 6.45) is 5.00. The summed E-state index contributed by atoms with van der Waals surface area (Å²) in [5, 5.41) is 24.3. The largest absolute Gasteiger partial charge is 0.394 e. The summed E-state index contributed by atoms with van der Waals surface area (Å²) in [5.74, 6) is -0.540. The molecule has 0 saturated carbocycles. The van der Waals surface area contributed by atoms with E-state index in [1.807, 2.05) is 19.9 Å². The maximum absolute atomic E-state index is 12.9. The second kappa shape index (κ2) is 9.80. The Kier molecular flexibility index (Phi) is 7.14. The predicted molar refractivity (Wildman–Crippen MR) is 122 cm³/mol. The lowest BCUT2D eigenvalue weighted by Crippen LogP contribution is -2.40. The average Bonchev–Trinajstić information content (AvgIpc) is 2.80. The molecule has 0 radical (unpaired) electrons. The number of benzene rings is 2. The highest BCUT2D eigenvalue weighted by atomic mass is 16.3. The Balaban J connectivity index is 1.88. The molecule has 8 heteroatoms. The number of aliphatic imine (C=N–C) groups is 1. The molecule has 0 fully saturated rings. The minimum absolute atomic E-state index is 0.260. The topological polar surface area (TPSA) is 115 Å². The van der Waals surface area contributed by atoms with Gasteiger partial charge in [0.15, 0.2) is 0 Å². The van der Waals surface area contributed by atoms with Gasteiger partial charge in [-0.2, -0.15) is 5.10 Å². The Labute approximate surface area is 181 Å². The predicted octanol–water partition coefficient (Wildman–Crippen LogP) is 2.84. The fourth-order valence-corrected chi connectivity index (χ4v) is 3.54. The van der Waals surface area contributed by atoms with E-state index < -0.39 is 5.54 Å². The Hall–Kier alpha value is -3.10. The average molecular weight is 425 g/mol. The van der Waals surface area contributed by atoms with Crippen molar-refractivity contribution in [3.05, 3.63) is 41.5 Å². The summed E-state index contributed by atoms with van der Waals surface area (Å²) in [7, 11) is 0. The summed E-state index contributed by atoms with van der Waals surface area (Å²) >= 11 is 0. The SMILES string of the molecule is CCCCN1C(=O)c2cccc3c(NN=CC=NC(CC)(CO)CO)ccc(c23)C1=O. The normalized spacial score (nSPS) is 14.4. The van der Waals surface area contributed by atoms with Crippen LogP contribution < -0.4 is 5.43 Å². The number of carbonyl (C=O) groups excluding carboxylic acids is 2. The number of hydrogen-bond acceptors (Lipinski definition) is 7. The molecule has 2 amide bonds. The molecule has 164 valence electrons. The number of anilines is 1. The van der Waals surface area contributed by atoms with E-state index in [0.29, 0.717) is 35.2 Å². The molecular weight excluding hydrogens is 396 g/mol. The Morgan fingerprint density at radius 3 is 2.39 bits per heavy atom. The van der Waals surface area contributed by atoms with Gasteiger partial charge >= 0.3 is 0 Å². The van der Waals surface area contributed by atoms with Crippen LogP contribution in [0.25, 0.3) is 10.8 Å². The molecule has 1 aliphatic rings. The van der Waals surface area contributed by atoms with Crippen molar-refractivity contribution in [3.63, 3.8) is 0 Å². The number of rotatable bonds is 10. The first-order valence-corrected chi connectivity index (χ1v) is 10.5. The highest BCUT2D eigenvalue weighted by Crippen LogP contribution is 2.34. The van der Waals surface area contributed by atoms with Crippen molar-refractivity contribution < 1.29 is 19.8 Å². The second-order valence-corrected chi connectivity index (χ2v) is 7.57. The van der Waals surface area contributed by atoms with Gasteiger partial charge in [0.05, 0.1) is 25.1 Å². The van der Waals surface area contributed by atoms with Crippen molar-refractivity contribution in [2.75, 3.05) is 25.2 Å². The monoisotopic (exact) mass is 424 g/mol. The van der Waals surface area contributed by atoms with Crippen LogP contribution >= 0.6 is 0 Å². The minimum Gasteiger partial charge on any atom is -0.394 e. The number of imide groups is 1. The van der Waals surface area contributed by atoms with Crippen LogP contribution in [-0.2, 0) is 0 Å². The van der Waals surface area contributed by atoms with E-state index in [1.54, 1.807) is 24.3 Å². The molecule has 0 atom stereocenters. The lowest BCUT2D eigenvalue weighted by atomic mass is 9.93. The van der Waals surface area contributed by atoms with Gasteiger partial charge in [-0.25, -0.2) is 0 Å². The molecule has 0 bridgehead atoms. The van der Waals surface area contributed by atoms with E-state index in [0.717, 1.165) is 18.2 Å². The molecule has 2 aromatic carbocycles. The van der Waals surface area contributed by atoms with E-state index in [1.165, 1.54) is 17.3 Å². The van der Waals surface area contributed by atoms with Gasteiger partial charge in [0.1, 0.15) is 5.54 Å². The summed E-state index contributed by atoms with van der Waals surface area (Å²) in [6.45, 7) is 3.75. The van der Waals surface area contributed by atoms with Gasteiger partial charge in [-0.15, -0.1) is 0 Å². The highest BCUT2D eigenvalue weighted by molar-refractivity contribution is 6.26. The van der Waals surface area contributed by atoms with Crippen LogP contribution in [0, 0.1) is 0 Å². The zero-order valence-electron chi connectivity index (χ0n) is 17.8. The number of aliphatic hydroxyl groups excluding tert-OH is 2. The molecule has 2 aromatic rings.